The van der Waals surface area contributed by atoms with E-state index in [1.165, 1.54) is 0 Å². The topological polar surface area (TPSA) is 67.4 Å². The van der Waals surface area contributed by atoms with E-state index in [9.17, 15) is 9.59 Å². The smallest absolute Gasteiger partial charge is 0.251 e. The number of nitrogens with one attached hydrogen (secondary N) is 2. The van der Waals surface area contributed by atoms with Gasteiger partial charge in [0.05, 0.1) is 6.42 Å². The zero-order valence-corrected chi connectivity index (χ0v) is 10.6. The molecule has 1 fully saturated rings. The van der Waals surface area contributed by atoms with E-state index >= 15 is 0 Å². The van der Waals surface area contributed by atoms with Crippen molar-refractivity contribution in [3.8, 4) is 0 Å². The molecule has 100 valence electrons. The van der Waals surface area contributed by atoms with Crippen molar-refractivity contribution >= 4 is 17.5 Å². The van der Waals surface area contributed by atoms with Crippen LogP contribution in [0.25, 0.3) is 0 Å². The minimum absolute atomic E-state index is 0.0167. The number of benzene rings is 1. The van der Waals surface area contributed by atoms with Crippen LogP contribution in [0, 0.1) is 0 Å². The molecule has 3 rings (SSSR count). The summed E-state index contributed by atoms with van der Waals surface area (Å²) in [5.74, 6) is -0.104. The average molecular weight is 260 g/mol. The Morgan fingerprint density at radius 3 is 2.89 bits per heavy atom. The van der Waals surface area contributed by atoms with Gasteiger partial charge in [0.1, 0.15) is 0 Å². The summed E-state index contributed by atoms with van der Waals surface area (Å²) in [5.41, 5.74) is 2.30. The van der Waals surface area contributed by atoms with Gasteiger partial charge in [0, 0.05) is 30.5 Å². The third kappa shape index (κ3) is 2.61. The van der Waals surface area contributed by atoms with Crippen molar-refractivity contribution in [1.29, 1.82) is 0 Å². The molecule has 0 unspecified atom stereocenters. The Morgan fingerprint density at radius 2 is 2.11 bits per heavy atom. The maximum absolute atomic E-state index is 12.1. The number of rotatable bonds is 2. The van der Waals surface area contributed by atoms with Crippen LogP contribution in [-0.2, 0) is 16.0 Å². The van der Waals surface area contributed by atoms with Gasteiger partial charge in [-0.05, 0) is 30.5 Å². The number of fused-ring (bicyclic) bond motifs is 1. The molecule has 2 aliphatic heterocycles. The zero-order chi connectivity index (χ0) is 13.2. The molecule has 2 heterocycles. The zero-order valence-electron chi connectivity index (χ0n) is 10.6. The SMILES string of the molecule is O=C1Cc2ccc(C(=O)NC3CCOCC3)cc2N1. The van der Waals surface area contributed by atoms with Gasteiger partial charge in [-0.1, -0.05) is 6.07 Å². The molecule has 0 aromatic heterocycles. The molecule has 0 atom stereocenters. The Balaban J connectivity index is 1.70. The molecule has 2 amide bonds. The number of carbonyl (C=O) groups excluding carboxylic acids is 2. The van der Waals surface area contributed by atoms with E-state index in [-0.39, 0.29) is 17.9 Å². The largest absolute Gasteiger partial charge is 0.381 e. The second-order valence-electron chi connectivity index (χ2n) is 4.96. The fourth-order valence-corrected chi connectivity index (χ4v) is 2.47. The van der Waals surface area contributed by atoms with Crippen LogP contribution in [0.2, 0.25) is 0 Å². The van der Waals surface area contributed by atoms with Gasteiger partial charge in [-0.15, -0.1) is 0 Å². The van der Waals surface area contributed by atoms with Crippen LogP contribution in [-0.4, -0.2) is 31.1 Å². The Kier molecular flexibility index (Phi) is 3.21. The molecule has 5 heteroatoms. The summed E-state index contributed by atoms with van der Waals surface area (Å²) in [5, 5.41) is 5.76. The molecule has 5 nitrogen and oxygen atoms in total. The lowest BCUT2D eigenvalue weighted by molar-refractivity contribution is -0.115. The second-order valence-corrected chi connectivity index (χ2v) is 4.96. The fourth-order valence-electron chi connectivity index (χ4n) is 2.47. The Labute approximate surface area is 111 Å². The molecule has 2 N–H and O–H groups in total. The summed E-state index contributed by atoms with van der Waals surface area (Å²) < 4.78 is 5.26. The molecular formula is C14H16N2O3. The van der Waals surface area contributed by atoms with Crippen LogP contribution in [0.5, 0.6) is 0 Å². The second kappa shape index (κ2) is 5.01. The average Bonchev–Trinajstić information content (AvgIpc) is 2.78. The Morgan fingerprint density at radius 1 is 1.32 bits per heavy atom. The first kappa shape index (κ1) is 12.2. The lowest BCUT2D eigenvalue weighted by atomic mass is 10.1. The molecule has 1 aromatic rings. The molecule has 0 radical (unpaired) electrons. The lowest BCUT2D eigenvalue weighted by Crippen LogP contribution is -2.38. The molecule has 1 aromatic carbocycles. The van der Waals surface area contributed by atoms with Gasteiger partial charge in [0.2, 0.25) is 5.91 Å². The predicted octanol–water partition coefficient (Wildman–Crippen LogP) is 1.09. The summed E-state index contributed by atoms with van der Waals surface area (Å²) in [6, 6.07) is 5.54. The summed E-state index contributed by atoms with van der Waals surface area (Å²) in [6.07, 6.45) is 2.11. The molecule has 0 saturated carbocycles. The van der Waals surface area contributed by atoms with Crippen LogP contribution in [0.4, 0.5) is 5.69 Å². The van der Waals surface area contributed by atoms with Gasteiger partial charge < -0.3 is 15.4 Å². The quantitative estimate of drug-likeness (QED) is 0.836. The highest BCUT2D eigenvalue weighted by Crippen LogP contribution is 2.24. The van der Waals surface area contributed by atoms with E-state index in [0.717, 1.165) is 24.1 Å². The van der Waals surface area contributed by atoms with Crippen LogP contribution in [0.15, 0.2) is 18.2 Å². The molecule has 0 bridgehead atoms. The summed E-state index contributed by atoms with van der Waals surface area (Å²) in [7, 11) is 0. The van der Waals surface area contributed by atoms with Crippen molar-refractivity contribution in [2.75, 3.05) is 18.5 Å². The molecule has 1 saturated heterocycles. The number of ether oxygens (including phenoxy) is 1. The van der Waals surface area contributed by atoms with Crippen molar-refractivity contribution in [3.05, 3.63) is 29.3 Å². The number of carbonyl (C=O) groups is 2. The maximum Gasteiger partial charge on any atom is 0.251 e. The summed E-state index contributed by atoms with van der Waals surface area (Å²) >= 11 is 0. The van der Waals surface area contributed by atoms with Crippen LogP contribution in [0.3, 0.4) is 0 Å². The van der Waals surface area contributed by atoms with Crippen molar-refractivity contribution in [1.82, 2.24) is 5.32 Å². The van der Waals surface area contributed by atoms with Crippen LogP contribution in [0.1, 0.15) is 28.8 Å². The monoisotopic (exact) mass is 260 g/mol. The van der Waals surface area contributed by atoms with E-state index in [2.05, 4.69) is 10.6 Å². The summed E-state index contributed by atoms with van der Waals surface area (Å²) in [6.45, 7) is 1.40. The van der Waals surface area contributed by atoms with Gasteiger partial charge in [-0.3, -0.25) is 9.59 Å². The fraction of sp³-hybridized carbons (Fsp3) is 0.429. The summed E-state index contributed by atoms with van der Waals surface area (Å²) in [4.78, 5) is 23.4. The van der Waals surface area contributed by atoms with Gasteiger partial charge >= 0.3 is 0 Å². The number of amides is 2. The van der Waals surface area contributed by atoms with E-state index < -0.39 is 0 Å². The first-order chi connectivity index (χ1) is 9.22. The number of anilines is 1. The molecular weight excluding hydrogens is 244 g/mol. The van der Waals surface area contributed by atoms with Crippen molar-refractivity contribution in [3.63, 3.8) is 0 Å². The van der Waals surface area contributed by atoms with Gasteiger partial charge in [-0.25, -0.2) is 0 Å². The number of hydrogen-bond donors (Lipinski definition) is 2. The Hall–Kier alpha value is -1.88. The normalized spacial score (nSPS) is 18.8. The van der Waals surface area contributed by atoms with Crippen LogP contribution >= 0.6 is 0 Å². The predicted molar refractivity (Wildman–Crippen MR) is 70.1 cm³/mol. The first-order valence-corrected chi connectivity index (χ1v) is 6.54. The Bertz CT molecular complexity index is 521. The molecule has 2 aliphatic rings. The standard InChI is InChI=1S/C14H16N2O3/c17-13-8-9-1-2-10(7-12(9)16-13)14(18)15-11-3-5-19-6-4-11/h1-2,7,11H,3-6,8H2,(H,15,18)(H,16,17). The van der Waals surface area contributed by atoms with Gasteiger partial charge in [0.15, 0.2) is 0 Å². The molecule has 0 spiro atoms. The van der Waals surface area contributed by atoms with E-state index in [4.69, 9.17) is 4.74 Å². The highest BCUT2D eigenvalue weighted by molar-refractivity contribution is 6.02. The van der Waals surface area contributed by atoms with Crippen molar-refractivity contribution in [2.24, 2.45) is 0 Å². The van der Waals surface area contributed by atoms with Crippen molar-refractivity contribution < 1.29 is 14.3 Å². The van der Waals surface area contributed by atoms with Crippen molar-refractivity contribution in [2.45, 2.75) is 25.3 Å². The van der Waals surface area contributed by atoms with E-state index in [0.29, 0.717) is 25.2 Å². The van der Waals surface area contributed by atoms with Crippen LogP contribution < -0.4 is 10.6 Å². The maximum atomic E-state index is 12.1. The van der Waals surface area contributed by atoms with Gasteiger partial charge in [0.25, 0.3) is 5.91 Å². The highest BCUT2D eigenvalue weighted by Gasteiger charge is 2.21. The van der Waals surface area contributed by atoms with E-state index in [1.807, 2.05) is 6.07 Å². The molecule has 0 aliphatic carbocycles. The minimum Gasteiger partial charge on any atom is -0.381 e. The lowest BCUT2D eigenvalue weighted by Gasteiger charge is -2.23. The van der Waals surface area contributed by atoms with Gasteiger partial charge in [-0.2, -0.15) is 0 Å². The third-order valence-corrected chi connectivity index (χ3v) is 3.55. The molecule has 19 heavy (non-hydrogen) atoms. The highest BCUT2D eigenvalue weighted by atomic mass is 16.5. The number of hydrogen-bond acceptors (Lipinski definition) is 3. The minimum atomic E-state index is -0.0872. The first-order valence-electron chi connectivity index (χ1n) is 6.54. The third-order valence-electron chi connectivity index (χ3n) is 3.55. The van der Waals surface area contributed by atoms with E-state index in [1.54, 1.807) is 12.1 Å².